The van der Waals surface area contributed by atoms with Crippen molar-refractivity contribution in [2.45, 2.75) is 13.0 Å². The number of hydrogen-bond acceptors (Lipinski definition) is 3. The number of aromatic nitrogens is 1. The van der Waals surface area contributed by atoms with E-state index in [0.29, 0.717) is 18.0 Å². The topological polar surface area (TPSA) is 59.6 Å². The quantitative estimate of drug-likeness (QED) is 0.798. The van der Waals surface area contributed by atoms with Crippen molar-refractivity contribution in [3.63, 3.8) is 0 Å². The zero-order chi connectivity index (χ0) is 16.7. The Kier molecular flexibility index (Phi) is 5.74. The predicted molar refractivity (Wildman–Crippen MR) is 87.4 cm³/mol. The summed E-state index contributed by atoms with van der Waals surface area (Å²) in [5.41, 5.74) is 2.04. The molecule has 2 rings (SSSR count). The number of carboxylic acid groups (broad SMARTS) is 1. The molecule has 0 spiro atoms. The molecule has 2 aromatic rings. The second kappa shape index (κ2) is 7.98. The highest BCUT2D eigenvalue weighted by Crippen LogP contribution is 2.28. The van der Waals surface area contributed by atoms with Gasteiger partial charge in [-0.2, -0.15) is 0 Å². The number of pyridine rings is 1. The van der Waals surface area contributed by atoms with Gasteiger partial charge in [0.2, 0.25) is 0 Å². The van der Waals surface area contributed by atoms with E-state index in [0.717, 1.165) is 11.1 Å². The summed E-state index contributed by atoms with van der Waals surface area (Å²) in [5.74, 6) is 0.591. The van der Waals surface area contributed by atoms with Gasteiger partial charge in [0.15, 0.2) is 30.4 Å². The Balaban J connectivity index is 2.06. The molecule has 1 N–H and O–H groups in total. The third kappa shape index (κ3) is 4.85. The molecule has 0 amide bonds. The van der Waals surface area contributed by atoms with Gasteiger partial charge in [-0.1, -0.05) is 18.2 Å². The van der Waals surface area contributed by atoms with E-state index in [-0.39, 0.29) is 6.42 Å². The van der Waals surface area contributed by atoms with Crippen LogP contribution in [0.15, 0.2) is 42.7 Å². The summed E-state index contributed by atoms with van der Waals surface area (Å²) >= 11 is 0. The first-order valence-electron chi connectivity index (χ1n) is 7.23. The molecule has 0 saturated heterocycles. The van der Waals surface area contributed by atoms with Crippen molar-refractivity contribution in [1.29, 1.82) is 0 Å². The fourth-order valence-corrected chi connectivity index (χ4v) is 2.10. The SMILES string of the molecule is COc1ccc(/C=C\c2cc[n+](CCC(=O)O)cc2)cc1OC. The molecule has 0 aliphatic heterocycles. The first kappa shape index (κ1) is 16.5. The molecule has 0 atom stereocenters. The van der Waals surface area contributed by atoms with E-state index in [4.69, 9.17) is 14.6 Å². The first-order chi connectivity index (χ1) is 11.1. The van der Waals surface area contributed by atoms with E-state index in [1.807, 2.05) is 59.4 Å². The number of benzene rings is 1. The molecule has 1 heterocycles. The second-order valence-corrected chi connectivity index (χ2v) is 4.96. The maximum absolute atomic E-state index is 10.6. The van der Waals surface area contributed by atoms with Gasteiger partial charge in [0, 0.05) is 12.1 Å². The highest BCUT2D eigenvalue weighted by Gasteiger charge is 2.04. The van der Waals surface area contributed by atoms with Gasteiger partial charge in [-0.15, -0.1) is 0 Å². The number of nitrogens with zero attached hydrogens (tertiary/aromatic N) is 1. The van der Waals surface area contributed by atoms with E-state index in [1.165, 1.54) is 0 Å². The average molecular weight is 314 g/mol. The molecule has 0 saturated carbocycles. The number of carbonyl (C=O) groups is 1. The summed E-state index contributed by atoms with van der Waals surface area (Å²) in [6.45, 7) is 0.467. The molecule has 0 aliphatic rings. The maximum atomic E-state index is 10.6. The van der Waals surface area contributed by atoms with Gasteiger partial charge < -0.3 is 14.6 Å². The van der Waals surface area contributed by atoms with Crippen LogP contribution in [0.4, 0.5) is 0 Å². The Hall–Kier alpha value is -2.82. The van der Waals surface area contributed by atoms with Gasteiger partial charge >= 0.3 is 5.97 Å². The first-order valence-corrected chi connectivity index (χ1v) is 7.23. The number of methoxy groups -OCH3 is 2. The van der Waals surface area contributed by atoms with Crippen LogP contribution in [0.1, 0.15) is 17.5 Å². The van der Waals surface area contributed by atoms with Crippen molar-refractivity contribution in [2.24, 2.45) is 0 Å². The second-order valence-electron chi connectivity index (χ2n) is 4.96. The Labute approximate surface area is 135 Å². The third-order valence-electron chi connectivity index (χ3n) is 3.38. The Morgan fingerprint density at radius 2 is 1.70 bits per heavy atom. The lowest BCUT2D eigenvalue weighted by molar-refractivity contribution is -0.696. The Morgan fingerprint density at radius 3 is 2.30 bits per heavy atom. The average Bonchev–Trinajstić information content (AvgIpc) is 2.58. The van der Waals surface area contributed by atoms with Crippen LogP contribution in [0, 0.1) is 0 Å². The standard InChI is InChI=1S/C18H19NO4/c1-22-16-6-5-15(13-17(16)23-2)4-3-14-7-10-19(11-8-14)12-9-18(20)21/h3-8,10-11,13H,9,12H2,1-2H3/p+1/b4-3-. The molecule has 5 nitrogen and oxygen atoms in total. The minimum absolute atomic E-state index is 0.117. The number of rotatable bonds is 7. The molecule has 120 valence electrons. The van der Waals surface area contributed by atoms with Crippen LogP contribution >= 0.6 is 0 Å². The summed E-state index contributed by atoms with van der Waals surface area (Å²) in [7, 11) is 3.22. The number of aryl methyl sites for hydroxylation is 1. The summed E-state index contributed by atoms with van der Waals surface area (Å²) in [5, 5.41) is 8.68. The van der Waals surface area contributed by atoms with Crippen molar-refractivity contribution in [1.82, 2.24) is 0 Å². The molecule has 0 bridgehead atoms. The predicted octanol–water partition coefficient (Wildman–Crippen LogP) is 2.64. The number of aliphatic carboxylic acids is 1. The van der Waals surface area contributed by atoms with Crippen LogP contribution in [0.5, 0.6) is 11.5 Å². The monoisotopic (exact) mass is 314 g/mol. The third-order valence-corrected chi connectivity index (χ3v) is 3.38. The zero-order valence-corrected chi connectivity index (χ0v) is 13.2. The molecule has 5 heteroatoms. The van der Waals surface area contributed by atoms with Crippen LogP contribution < -0.4 is 14.0 Å². The maximum Gasteiger partial charge on any atom is 0.309 e. The molecule has 0 unspecified atom stereocenters. The van der Waals surface area contributed by atoms with Gasteiger partial charge in [0.25, 0.3) is 0 Å². The van der Waals surface area contributed by atoms with Crippen molar-refractivity contribution >= 4 is 18.1 Å². The van der Waals surface area contributed by atoms with Crippen molar-refractivity contribution in [3.8, 4) is 11.5 Å². The van der Waals surface area contributed by atoms with Crippen LogP contribution in [-0.2, 0) is 11.3 Å². The van der Waals surface area contributed by atoms with Crippen LogP contribution in [0.3, 0.4) is 0 Å². The van der Waals surface area contributed by atoms with Crippen LogP contribution in [0.25, 0.3) is 12.2 Å². The number of carboxylic acids is 1. The molecule has 0 fully saturated rings. The number of hydrogen-bond donors (Lipinski definition) is 1. The molecule has 0 aliphatic carbocycles. The summed E-state index contributed by atoms with van der Waals surface area (Å²) < 4.78 is 12.3. The van der Waals surface area contributed by atoms with Gasteiger partial charge in [-0.25, -0.2) is 4.57 Å². The molecule has 0 radical (unpaired) electrons. The van der Waals surface area contributed by atoms with Gasteiger partial charge in [-0.3, -0.25) is 4.79 Å². The highest BCUT2D eigenvalue weighted by molar-refractivity contribution is 5.70. The lowest BCUT2D eigenvalue weighted by Gasteiger charge is -2.07. The number of ether oxygens (including phenoxy) is 2. The smallest absolute Gasteiger partial charge is 0.309 e. The fourth-order valence-electron chi connectivity index (χ4n) is 2.10. The van der Waals surface area contributed by atoms with E-state index >= 15 is 0 Å². The van der Waals surface area contributed by atoms with Gasteiger partial charge in [0.1, 0.15) is 6.42 Å². The summed E-state index contributed by atoms with van der Waals surface area (Å²) in [4.78, 5) is 10.6. The van der Waals surface area contributed by atoms with Crippen LogP contribution in [0.2, 0.25) is 0 Å². The summed E-state index contributed by atoms with van der Waals surface area (Å²) in [6.07, 6.45) is 7.83. The molecular weight excluding hydrogens is 294 g/mol. The van der Waals surface area contributed by atoms with Crippen molar-refractivity contribution in [2.75, 3.05) is 14.2 Å². The lowest BCUT2D eigenvalue weighted by Crippen LogP contribution is -2.33. The van der Waals surface area contributed by atoms with Crippen molar-refractivity contribution < 1.29 is 23.9 Å². The minimum Gasteiger partial charge on any atom is -0.493 e. The zero-order valence-electron chi connectivity index (χ0n) is 13.2. The normalized spacial score (nSPS) is 10.7. The largest absolute Gasteiger partial charge is 0.493 e. The van der Waals surface area contributed by atoms with Crippen LogP contribution in [-0.4, -0.2) is 25.3 Å². The molecular formula is C18H20NO4+. The highest BCUT2D eigenvalue weighted by atomic mass is 16.5. The fraction of sp³-hybridized carbons (Fsp3) is 0.222. The van der Waals surface area contributed by atoms with Gasteiger partial charge in [0.05, 0.1) is 14.2 Å². The van der Waals surface area contributed by atoms with E-state index in [9.17, 15) is 4.79 Å². The minimum atomic E-state index is -0.796. The lowest BCUT2D eigenvalue weighted by atomic mass is 10.1. The van der Waals surface area contributed by atoms with Gasteiger partial charge in [-0.05, 0) is 23.3 Å². The summed E-state index contributed by atoms with van der Waals surface area (Å²) in [6, 6.07) is 9.61. The van der Waals surface area contributed by atoms with E-state index < -0.39 is 5.97 Å². The Bertz CT molecular complexity index is 693. The van der Waals surface area contributed by atoms with E-state index in [1.54, 1.807) is 14.2 Å². The molecule has 1 aromatic heterocycles. The van der Waals surface area contributed by atoms with E-state index in [2.05, 4.69) is 0 Å². The Morgan fingerprint density at radius 1 is 1.04 bits per heavy atom. The van der Waals surface area contributed by atoms with Crippen molar-refractivity contribution in [3.05, 3.63) is 53.9 Å². The molecule has 23 heavy (non-hydrogen) atoms. The molecule has 1 aromatic carbocycles.